The van der Waals surface area contributed by atoms with Crippen LogP contribution in [0.25, 0.3) is 11.3 Å². The second-order valence-corrected chi connectivity index (χ2v) is 8.22. The lowest BCUT2D eigenvalue weighted by Gasteiger charge is -2.30. The second kappa shape index (κ2) is 7.82. The summed E-state index contributed by atoms with van der Waals surface area (Å²) in [6, 6.07) is 5.48. The number of nitrogens with one attached hydrogen (secondary N) is 2. The third kappa shape index (κ3) is 3.75. The first kappa shape index (κ1) is 20.0. The minimum Gasteiger partial charge on any atom is -0.323 e. The van der Waals surface area contributed by atoms with Gasteiger partial charge in [-0.25, -0.2) is 9.78 Å². The first-order valence-electron chi connectivity index (χ1n) is 9.52. The van der Waals surface area contributed by atoms with Crippen molar-refractivity contribution in [1.29, 1.82) is 0 Å². The van der Waals surface area contributed by atoms with Crippen LogP contribution in [0.5, 0.6) is 0 Å². The molecule has 2 aliphatic rings. The van der Waals surface area contributed by atoms with E-state index in [-0.39, 0.29) is 16.7 Å². The predicted molar refractivity (Wildman–Crippen MR) is 109 cm³/mol. The van der Waals surface area contributed by atoms with E-state index in [1.807, 2.05) is 0 Å². The number of hydrogen-bond acceptors (Lipinski definition) is 7. The third-order valence-corrected chi connectivity index (χ3v) is 6.12. The minimum atomic E-state index is -0.869. The van der Waals surface area contributed by atoms with Gasteiger partial charge in [-0.2, -0.15) is 0 Å². The molecule has 2 fully saturated rings. The molecular weight excluding hydrogens is 410 g/mol. The molecule has 11 heteroatoms. The number of carbonyl (C=O) groups excluding carboxylic acids is 3. The molecule has 1 aromatic heterocycles. The number of urea groups is 1. The van der Waals surface area contributed by atoms with Crippen molar-refractivity contribution < 1.29 is 19.3 Å². The van der Waals surface area contributed by atoms with Gasteiger partial charge < -0.3 is 10.6 Å². The first-order chi connectivity index (χ1) is 14.4. The third-order valence-electron chi connectivity index (χ3n) is 5.36. The maximum absolute atomic E-state index is 12.8. The molecule has 0 atom stereocenters. The molecule has 30 heavy (non-hydrogen) atoms. The summed E-state index contributed by atoms with van der Waals surface area (Å²) < 4.78 is 0. The zero-order chi connectivity index (χ0) is 21.3. The van der Waals surface area contributed by atoms with Crippen molar-refractivity contribution in [3.8, 4) is 11.3 Å². The van der Waals surface area contributed by atoms with Crippen LogP contribution in [0.15, 0.2) is 29.6 Å². The molecule has 0 unspecified atom stereocenters. The number of carbonyl (C=O) groups is 3. The SMILES string of the molecule is O=C(CN1C(=O)NC2(CCCCC2)C1=O)Nc1nc(-c2cccc([N+](=O)[O-])c2)cs1. The van der Waals surface area contributed by atoms with Gasteiger partial charge >= 0.3 is 6.03 Å². The summed E-state index contributed by atoms with van der Waals surface area (Å²) in [5.41, 5.74) is 0.108. The zero-order valence-corrected chi connectivity index (χ0v) is 16.7. The Hall–Kier alpha value is -3.34. The van der Waals surface area contributed by atoms with Crippen LogP contribution in [0.3, 0.4) is 0 Å². The van der Waals surface area contributed by atoms with Crippen molar-refractivity contribution in [1.82, 2.24) is 15.2 Å². The molecule has 2 heterocycles. The van der Waals surface area contributed by atoms with E-state index in [1.165, 1.54) is 12.1 Å². The van der Waals surface area contributed by atoms with Crippen molar-refractivity contribution in [2.24, 2.45) is 0 Å². The smallest absolute Gasteiger partial charge is 0.323 e. The van der Waals surface area contributed by atoms with E-state index >= 15 is 0 Å². The van der Waals surface area contributed by atoms with E-state index in [0.29, 0.717) is 24.1 Å². The average molecular weight is 429 g/mol. The van der Waals surface area contributed by atoms with Gasteiger partial charge in [0.2, 0.25) is 5.91 Å². The van der Waals surface area contributed by atoms with Crippen molar-refractivity contribution in [2.75, 3.05) is 11.9 Å². The molecule has 0 bridgehead atoms. The van der Waals surface area contributed by atoms with E-state index < -0.39 is 28.9 Å². The summed E-state index contributed by atoms with van der Waals surface area (Å²) in [5, 5.41) is 18.2. The molecule has 1 aliphatic heterocycles. The lowest BCUT2D eigenvalue weighted by Crippen LogP contribution is -2.48. The van der Waals surface area contributed by atoms with E-state index in [4.69, 9.17) is 0 Å². The number of hydrogen-bond donors (Lipinski definition) is 2. The summed E-state index contributed by atoms with van der Waals surface area (Å²) in [6.45, 7) is -0.391. The number of nitro benzene ring substituents is 1. The standard InChI is InChI=1S/C19H19N5O5S/c25-15(10-23-16(26)19(22-18(23)27)7-2-1-3-8-19)21-17-20-14(11-30-17)12-5-4-6-13(9-12)24(28)29/h4-6,9,11H,1-3,7-8,10H2,(H,22,27)(H,20,21,25). The van der Waals surface area contributed by atoms with Gasteiger partial charge in [0.1, 0.15) is 12.1 Å². The highest BCUT2D eigenvalue weighted by molar-refractivity contribution is 7.14. The van der Waals surface area contributed by atoms with Gasteiger partial charge in [0.25, 0.3) is 11.6 Å². The Balaban J connectivity index is 1.42. The first-order valence-corrected chi connectivity index (χ1v) is 10.4. The summed E-state index contributed by atoms with van der Waals surface area (Å²) in [5.74, 6) is -0.884. The predicted octanol–water partition coefficient (Wildman–Crippen LogP) is 2.91. The highest BCUT2D eigenvalue weighted by Gasteiger charge is 2.51. The number of non-ortho nitro benzene ring substituents is 1. The molecule has 1 aliphatic carbocycles. The number of amides is 4. The number of imide groups is 1. The number of aromatic nitrogens is 1. The monoisotopic (exact) mass is 429 g/mol. The van der Waals surface area contributed by atoms with E-state index in [9.17, 15) is 24.5 Å². The number of thiazole rings is 1. The van der Waals surface area contributed by atoms with Gasteiger partial charge in [-0.1, -0.05) is 31.4 Å². The van der Waals surface area contributed by atoms with Crippen LogP contribution in [-0.4, -0.2) is 44.7 Å². The number of benzene rings is 1. The van der Waals surface area contributed by atoms with Gasteiger partial charge in [-0.15, -0.1) is 11.3 Å². The average Bonchev–Trinajstić information content (AvgIpc) is 3.28. The van der Waals surface area contributed by atoms with Crippen LogP contribution in [0.1, 0.15) is 32.1 Å². The Kier molecular flexibility index (Phi) is 5.20. The topological polar surface area (TPSA) is 135 Å². The fourth-order valence-corrected chi connectivity index (χ4v) is 4.59. The molecule has 2 N–H and O–H groups in total. The normalized spacial score (nSPS) is 17.8. The fourth-order valence-electron chi connectivity index (χ4n) is 3.86. The number of nitro groups is 1. The Morgan fingerprint density at radius 2 is 2.07 bits per heavy atom. The minimum absolute atomic E-state index is 0.0544. The second-order valence-electron chi connectivity index (χ2n) is 7.36. The molecule has 10 nitrogen and oxygen atoms in total. The van der Waals surface area contributed by atoms with E-state index in [0.717, 1.165) is 35.5 Å². The number of anilines is 1. The van der Waals surface area contributed by atoms with Crippen LogP contribution >= 0.6 is 11.3 Å². The fraction of sp³-hybridized carbons (Fsp3) is 0.368. The highest BCUT2D eigenvalue weighted by Crippen LogP contribution is 2.33. The Labute approximate surface area is 175 Å². The molecule has 1 aromatic carbocycles. The number of nitrogens with zero attached hydrogens (tertiary/aromatic N) is 3. The molecule has 156 valence electrons. The largest absolute Gasteiger partial charge is 0.325 e. The molecule has 1 spiro atoms. The maximum atomic E-state index is 12.8. The van der Waals surface area contributed by atoms with Gasteiger partial charge in [0, 0.05) is 23.1 Å². The Morgan fingerprint density at radius 1 is 1.30 bits per heavy atom. The van der Waals surface area contributed by atoms with Gasteiger partial charge in [-0.3, -0.25) is 24.6 Å². The summed E-state index contributed by atoms with van der Waals surface area (Å²) in [4.78, 5) is 53.1. The molecule has 1 saturated carbocycles. The van der Waals surface area contributed by atoms with Gasteiger partial charge in [0.15, 0.2) is 5.13 Å². The van der Waals surface area contributed by atoms with Crippen molar-refractivity contribution in [2.45, 2.75) is 37.6 Å². The zero-order valence-electron chi connectivity index (χ0n) is 15.9. The van der Waals surface area contributed by atoms with Crippen LogP contribution in [0.4, 0.5) is 15.6 Å². The van der Waals surface area contributed by atoms with Gasteiger partial charge in [-0.05, 0) is 12.8 Å². The summed E-state index contributed by atoms with van der Waals surface area (Å²) in [6.07, 6.45) is 3.95. The quantitative estimate of drug-likeness (QED) is 0.426. The van der Waals surface area contributed by atoms with Crippen LogP contribution in [0, 0.1) is 10.1 Å². The molecule has 0 radical (unpaired) electrons. The molecular formula is C19H19N5O5S. The van der Waals surface area contributed by atoms with E-state index in [1.54, 1.807) is 17.5 Å². The molecule has 2 aromatic rings. The van der Waals surface area contributed by atoms with E-state index in [2.05, 4.69) is 15.6 Å². The lowest BCUT2D eigenvalue weighted by molar-refractivity contribution is -0.384. The highest BCUT2D eigenvalue weighted by atomic mass is 32.1. The van der Waals surface area contributed by atoms with Gasteiger partial charge in [0.05, 0.1) is 10.6 Å². The number of rotatable bonds is 5. The van der Waals surface area contributed by atoms with Crippen molar-refractivity contribution in [3.05, 3.63) is 39.8 Å². The Morgan fingerprint density at radius 3 is 2.80 bits per heavy atom. The summed E-state index contributed by atoms with van der Waals surface area (Å²) >= 11 is 1.15. The van der Waals surface area contributed by atoms with Crippen LogP contribution < -0.4 is 10.6 Å². The molecule has 4 amide bonds. The van der Waals surface area contributed by atoms with Crippen LogP contribution in [-0.2, 0) is 9.59 Å². The van der Waals surface area contributed by atoms with Crippen molar-refractivity contribution in [3.63, 3.8) is 0 Å². The maximum Gasteiger partial charge on any atom is 0.325 e. The van der Waals surface area contributed by atoms with Crippen LogP contribution in [0.2, 0.25) is 0 Å². The van der Waals surface area contributed by atoms with Crippen molar-refractivity contribution >= 4 is 40.0 Å². The molecule has 1 saturated heterocycles. The summed E-state index contributed by atoms with van der Waals surface area (Å²) in [7, 11) is 0. The molecule has 4 rings (SSSR count). The lowest BCUT2D eigenvalue weighted by atomic mass is 9.82. The Bertz CT molecular complexity index is 1030.